The van der Waals surface area contributed by atoms with Gasteiger partial charge in [0.05, 0.1) is 19.0 Å². The molecule has 0 saturated carbocycles. The van der Waals surface area contributed by atoms with Crippen molar-refractivity contribution in [2.75, 3.05) is 39.1 Å². The van der Waals surface area contributed by atoms with Gasteiger partial charge in [0, 0.05) is 24.8 Å². The van der Waals surface area contributed by atoms with Crippen LogP contribution in [0.4, 0.5) is 5.82 Å². The molecule has 0 bridgehead atoms. The molecule has 0 aromatic carbocycles. The minimum atomic E-state index is -2.93. The van der Waals surface area contributed by atoms with Crippen molar-refractivity contribution in [3.05, 3.63) is 12.0 Å². The van der Waals surface area contributed by atoms with Crippen LogP contribution in [0.15, 0.2) is 11.3 Å². The first-order valence-corrected chi connectivity index (χ1v) is 11.9. The minimum absolute atomic E-state index is 0. The highest BCUT2D eigenvalue weighted by Gasteiger charge is 2.36. The van der Waals surface area contributed by atoms with Gasteiger partial charge in [0.2, 0.25) is 0 Å². The van der Waals surface area contributed by atoms with Gasteiger partial charge in [0.15, 0.2) is 5.96 Å². The summed E-state index contributed by atoms with van der Waals surface area (Å²) in [5, 5.41) is 3.05. The molecule has 4 atom stereocenters. The van der Waals surface area contributed by atoms with Crippen LogP contribution in [0.2, 0.25) is 0 Å². The summed E-state index contributed by atoms with van der Waals surface area (Å²) in [6.07, 6.45) is 0.508. The molecule has 178 valence electrons. The van der Waals surface area contributed by atoms with Crippen LogP contribution in [0.25, 0.3) is 0 Å². The summed E-state index contributed by atoms with van der Waals surface area (Å²) < 4.78 is 29.1. The molecular weight excluding hydrogens is 419 g/mol. The van der Waals surface area contributed by atoms with Crippen molar-refractivity contribution in [1.82, 2.24) is 19.1 Å². The molecule has 3 heterocycles. The highest BCUT2D eigenvalue weighted by atomic mass is 31.2. The average molecular weight is 459 g/mol. The summed E-state index contributed by atoms with van der Waals surface area (Å²) in [7, 11) is 0.630. The smallest absolute Gasteiger partial charge is 0.274 e. The average Bonchev–Trinajstić information content (AvgIpc) is 3.09. The molecule has 0 amide bonds. The van der Waals surface area contributed by atoms with Crippen LogP contribution in [0.1, 0.15) is 53.2 Å². The fourth-order valence-corrected chi connectivity index (χ4v) is 5.56. The second kappa shape index (κ2) is 9.97. The fourth-order valence-electron chi connectivity index (χ4n) is 3.73. The van der Waals surface area contributed by atoms with Crippen molar-refractivity contribution < 1.29 is 13.8 Å². The van der Waals surface area contributed by atoms with Gasteiger partial charge in [0.25, 0.3) is 7.52 Å². The number of hydrogen-bond acceptors (Lipinski definition) is 9. The van der Waals surface area contributed by atoms with Gasteiger partial charge in [-0.25, -0.2) is 14.6 Å². The van der Waals surface area contributed by atoms with Crippen molar-refractivity contribution in [2.24, 2.45) is 16.5 Å². The van der Waals surface area contributed by atoms with Crippen molar-refractivity contribution >= 4 is 19.3 Å². The Kier molecular flexibility index (Phi) is 8.29. The summed E-state index contributed by atoms with van der Waals surface area (Å²) in [6, 6.07) is 0.311. The summed E-state index contributed by atoms with van der Waals surface area (Å²) in [4.78, 5) is 10.8. The summed E-state index contributed by atoms with van der Waals surface area (Å²) >= 11 is 0. The Hall–Kier alpha value is -1.49. The Bertz CT molecular complexity index is 813. The van der Waals surface area contributed by atoms with Crippen LogP contribution in [0.5, 0.6) is 0 Å². The Morgan fingerprint density at radius 2 is 2.03 bits per heavy atom. The number of morpholine rings is 1. The lowest BCUT2D eigenvalue weighted by atomic mass is 10.2. The molecule has 1 aromatic rings. The zero-order valence-corrected chi connectivity index (χ0v) is 19.5. The maximum atomic E-state index is 13.2. The molecule has 3 rings (SSSR count). The molecule has 0 radical (unpaired) electrons. The Morgan fingerprint density at radius 3 is 2.61 bits per heavy atom. The number of hydrogen-bond donors (Lipinski definition) is 3. The van der Waals surface area contributed by atoms with E-state index in [1.54, 1.807) is 25.1 Å². The number of aliphatic imine (C=N–C) groups is 1. The molecule has 1 aromatic heterocycles. The van der Waals surface area contributed by atoms with Gasteiger partial charge in [-0.2, -0.15) is 0 Å². The zero-order chi connectivity index (χ0) is 22.2. The van der Waals surface area contributed by atoms with Gasteiger partial charge >= 0.3 is 0 Å². The lowest BCUT2D eigenvalue weighted by Gasteiger charge is -2.41. The molecule has 1 fully saturated rings. The first kappa shape index (κ1) is 25.8. The molecular formula is C19H39N8O3P. The Morgan fingerprint density at radius 1 is 1.35 bits per heavy atom. The monoisotopic (exact) mass is 458 g/mol. The van der Waals surface area contributed by atoms with Crippen LogP contribution < -0.4 is 16.8 Å². The molecule has 0 aliphatic carbocycles. The molecule has 12 heteroatoms. The van der Waals surface area contributed by atoms with E-state index in [0.29, 0.717) is 30.6 Å². The first-order valence-electron chi connectivity index (χ1n) is 10.3. The molecule has 1 saturated heterocycles. The molecule has 31 heavy (non-hydrogen) atoms. The number of anilines is 1. The predicted molar refractivity (Wildman–Crippen MR) is 124 cm³/mol. The predicted octanol–water partition coefficient (Wildman–Crippen LogP) is 2.00. The van der Waals surface area contributed by atoms with Gasteiger partial charge in [-0.3, -0.25) is 14.0 Å². The standard InChI is InChI=1S/C18H35N8O3P.CH4/c1-11(2)25-7-13(9-28-30(27,12(3)4)24(5)6)29-14(8-25)26-10-21-15-16(19)22-18(20)23-17(15)26;/h10-14,16H,7-9,19H2,1-6H3,(H3,20,22,23);1H4/t13-,14+,16?,30?;/m0./s1. The maximum Gasteiger partial charge on any atom is 0.274 e. The molecule has 2 aliphatic heterocycles. The third-order valence-electron chi connectivity index (χ3n) is 5.50. The third kappa shape index (κ3) is 5.30. The van der Waals surface area contributed by atoms with E-state index >= 15 is 0 Å². The van der Waals surface area contributed by atoms with E-state index in [0.717, 1.165) is 0 Å². The topological polar surface area (TPSA) is 136 Å². The normalized spacial score (nSPS) is 26.3. The van der Waals surface area contributed by atoms with Crippen molar-refractivity contribution in [1.29, 1.82) is 0 Å². The molecule has 0 spiro atoms. The fraction of sp³-hybridized carbons (Fsp3) is 0.789. The van der Waals surface area contributed by atoms with E-state index in [1.807, 2.05) is 18.4 Å². The van der Waals surface area contributed by atoms with Gasteiger partial charge < -0.3 is 26.0 Å². The van der Waals surface area contributed by atoms with Gasteiger partial charge in [-0.05, 0) is 27.9 Å². The number of nitrogens with one attached hydrogen (secondary N) is 1. The van der Waals surface area contributed by atoms with Crippen LogP contribution in [0.3, 0.4) is 0 Å². The van der Waals surface area contributed by atoms with Gasteiger partial charge in [0.1, 0.15) is 23.9 Å². The zero-order valence-electron chi connectivity index (χ0n) is 18.6. The van der Waals surface area contributed by atoms with E-state index in [1.165, 1.54) is 0 Å². The Labute approximate surface area is 185 Å². The first-order chi connectivity index (χ1) is 14.0. The largest absolute Gasteiger partial charge is 0.370 e. The van der Waals surface area contributed by atoms with E-state index in [-0.39, 0.29) is 38.0 Å². The minimum Gasteiger partial charge on any atom is -0.370 e. The second-order valence-electron chi connectivity index (χ2n) is 8.53. The van der Waals surface area contributed by atoms with Crippen LogP contribution in [-0.2, 0) is 13.8 Å². The number of fused-ring (bicyclic) bond motifs is 1. The number of nitrogens with zero attached hydrogens (tertiary/aromatic N) is 5. The lowest BCUT2D eigenvalue weighted by molar-refractivity contribution is -0.137. The molecule has 2 aliphatic rings. The highest BCUT2D eigenvalue weighted by molar-refractivity contribution is 7.57. The summed E-state index contributed by atoms with van der Waals surface area (Å²) in [6.45, 7) is 9.69. The van der Waals surface area contributed by atoms with Gasteiger partial charge in [-0.1, -0.05) is 21.3 Å². The second-order valence-corrected chi connectivity index (χ2v) is 11.8. The number of rotatable bonds is 7. The Balaban J connectivity index is 0.00000341. The third-order valence-corrected chi connectivity index (χ3v) is 8.44. The number of aromatic nitrogens is 2. The van der Waals surface area contributed by atoms with Crippen LogP contribution >= 0.6 is 7.52 Å². The van der Waals surface area contributed by atoms with E-state index in [2.05, 4.69) is 34.0 Å². The highest BCUT2D eigenvalue weighted by Crippen LogP contribution is 2.53. The van der Waals surface area contributed by atoms with E-state index in [9.17, 15) is 4.57 Å². The van der Waals surface area contributed by atoms with E-state index in [4.69, 9.17) is 20.7 Å². The quantitative estimate of drug-likeness (QED) is 0.524. The van der Waals surface area contributed by atoms with Crippen molar-refractivity contribution in [3.63, 3.8) is 0 Å². The number of imidazole rings is 1. The van der Waals surface area contributed by atoms with Crippen LogP contribution in [0, 0.1) is 0 Å². The van der Waals surface area contributed by atoms with Crippen LogP contribution in [-0.4, -0.2) is 76.7 Å². The maximum absolute atomic E-state index is 13.2. The SMILES string of the molecule is C.CC(C)N1C[C@@H](COP(=O)(C(C)C)N(C)C)O[C@@H](n2cnc3c2NC(N)=NC3N)C1. The number of guanidine groups is 1. The summed E-state index contributed by atoms with van der Waals surface area (Å²) in [5.41, 5.74) is 12.4. The van der Waals surface area contributed by atoms with Gasteiger partial charge in [-0.15, -0.1) is 0 Å². The molecule has 11 nitrogen and oxygen atoms in total. The molecule has 5 N–H and O–H groups in total. The van der Waals surface area contributed by atoms with Crippen molar-refractivity contribution in [2.45, 2.75) is 65.3 Å². The molecule has 2 unspecified atom stereocenters. The lowest BCUT2D eigenvalue weighted by Crippen LogP contribution is -2.50. The van der Waals surface area contributed by atoms with Crippen molar-refractivity contribution in [3.8, 4) is 0 Å². The number of ether oxygens (including phenoxy) is 1. The van der Waals surface area contributed by atoms with E-state index < -0.39 is 13.7 Å². The number of nitrogens with two attached hydrogens (primary N) is 2. The summed E-state index contributed by atoms with van der Waals surface area (Å²) in [5.74, 6) is 0.934.